The Bertz CT molecular complexity index is 1620. The number of nitrogens with zero attached hydrogens (tertiary/aromatic N) is 4. The van der Waals surface area contributed by atoms with Crippen LogP contribution in [-0.4, -0.2) is 40.0 Å². The zero-order valence-electron chi connectivity index (χ0n) is 17.5. The highest BCUT2D eigenvalue weighted by Gasteiger charge is 2.52. The summed E-state index contributed by atoms with van der Waals surface area (Å²) in [5.41, 5.74) is -2.08. The van der Waals surface area contributed by atoms with Gasteiger partial charge in [-0.15, -0.1) is 0 Å². The quantitative estimate of drug-likeness (QED) is 0.434. The van der Waals surface area contributed by atoms with Crippen molar-refractivity contribution < 1.29 is 30.5 Å². The molecule has 3 aromatic heterocycles. The van der Waals surface area contributed by atoms with Crippen molar-refractivity contribution >= 4 is 21.0 Å². The van der Waals surface area contributed by atoms with E-state index >= 15 is 0 Å². The molecule has 0 aliphatic carbocycles. The van der Waals surface area contributed by atoms with Crippen LogP contribution in [0.2, 0.25) is 0 Å². The standard InChI is InChI=1S/C20H15F4N5O4S/c1-9-6-12-16(17(25-9)15-10(21)4-3-5-11(15)22)18(26-33-12)29-8-14-20(23,24)13(27-34(2,31)32)7-28(14)19(29)30/h3-6,8,13,27H,7H2,1-2H3/t13-/m1/s1. The van der Waals surface area contributed by atoms with Crippen LogP contribution in [0.3, 0.4) is 0 Å². The third kappa shape index (κ3) is 3.32. The summed E-state index contributed by atoms with van der Waals surface area (Å²) < 4.78 is 90.4. The number of hydrogen-bond acceptors (Lipinski definition) is 6. The minimum Gasteiger partial charge on any atom is -0.354 e. The average Bonchev–Trinajstić information content (AvgIpc) is 3.34. The normalized spacial score (nSPS) is 17.4. The molecule has 1 aliphatic heterocycles. The number of benzene rings is 1. The maximum atomic E-state index is 14.9. The lowest BCUT2D eigenvalue weighted by molar-refractivity contribution is -0.0248. The molecule has 1 N–H and O–H groups in total. The number of alkyl halides is 2. The number of halogens is 4. The molecule has 1 aliphatic rings. The minimum absolute atomic E-state index is 0.0294. The van der Waals surface area contributed by atoms with E-state index in [4.69, 9.17) is 4.52 Å². The van der Waals surface area contributed by atoms with Crippen molar-refractivity contribution in [2.75, 3.05) is 6.26 Å². The molecule has 14 heteroatoms. The second-order valence-electron chi connectivity index (χ2n) is 7.93. The zero-order valence-corrected chi connectivity index (χ0v) is 18.3. The molecular formula is C20H15F4N5O4S. The van der Waals surface area contributed by atoms with E-state index in [1.807, 2.05) is 4.72 Å². The van der Waals surface area contributed by atoms with E-state index in [1.165, 1.54) is 12.1 Å². The van der Waals surface area contributed by atoms with Crippen LogP contribution >= 0.6 is 0 Å². The Labute approximate surface area is 188 Å². The molecule has 0 fully saturated rings. The van der Waals surface area contributed by atoms with Gasteiger partial charge in [-0.2, -0.15) is 8.78 Å². The molecule has 0 saturated heterocycles. The van der Waals surface area contributed by atoms with E-state index in [-0.39, 0.29) is 22.5 Å². The monoisotopic (exact) mass is 497 g/mol. The molecular weight excluding hydrogens is 482 g/mol. The first-order valence-electron chi connectivity index (χ1n) is 9.78. The predicted octanol–water partition coefficient (Wildman–Crippen LogP) is 2.45. The second-order valence-corrected chi connectivity index (χ2v) is 9.71. The highest BCUT2D eigenvalue weighted by atomic mass is 32.2. The fraction of sp³-hybridized carbons (Fsp3) is 0.250. The molecule has 0 amide bonds. The largest absolute Gasteiger partial charge is 0.354 e. The summed E-state index contributed by atoms with van der Waals surface area (Å²) >= 11 is 0. The van der Waals surface area contributed by atoms with Gasteiger partial charge in [0.25, 0.3) is 0 Å². The molecule has 0 unspecified atom stereocenters. The van der Waals surface area contributed by atoms with E-state index in [0.29, 0.717) is 10.3 Å². The van der Waals surface area contributed by atoms with E-state index in [1.54, 1.807) is 6.92 Å². The number of hydrogen-bond donors (Lipinski definition) is 1. The molecule has 1 atom stereocenters. The number of imidazole rings is 1. The molecule has 0 spiro atoms. The number of rotatable bonds is 4. The van der Waals surface area contributed by atoms with E-state index in [2.05, 4.69) is 10.1 Å². The van der Waals surface area contributed by atoms with Gasteiger partial charge in [0.1, 0.15) is 23.4 Å². The third-order valence-electron chi connectivity index (χ3n) is 5.47. The highest BCUT2D eigenvalue weighted by molar-refractivity contribution is 7.88. The minimum atomic E-state index is -3.98. The van der Waals surface area contributed by atoms with Crippen LogP contribution in [0, 0.1) is 18.6 Å². The summed E-state index contributed by atoms with van der Waals surface area (Å²) in [6.07, 6.45) is 1.53. The van der Waals surface area contributed by atoms with E-state index < -0.39 is 57.1 Å². The van der Waals surface area contributed by atoms with Gasteiger partial charge in [-0.05, 0) is 19.1 Å². The van der Waals surface area contributed by atoms with Gasteiger partial charge in [0.15, 0.2) is 11.4 Å². The molecule has 4 aromatic rings. The van der Waals surface area contributed by atoms with Crippen molar-refractivity contribution in [3.05, 3.63) is 64.0 Å². The topological polar surface area (TPSA) is 112 Å². The fourth-order valence-electron chi connectivity index (χ4n) is 4.06. The smallest absolute Gasteiger partial charge is 0.334 e. The number of aryl methyl sites for hydroxylation is 1. The van der Waals surface area contributed by atoms with Gasteiger partial charge in [0, 0.05) is 18.0 Å². The van der Waals surface area contributed by atoms with Crippen molar-refractivity contribution in [3.63, 3.8) is 0 Å². The molecule has 5 rings (SSSR count). The SMILES string of the molecule is Cc1cc2onc(-n3cc4n(c3=O)C[C@@H](NS(C)(=O)=O)C4(F)F)c2c(-c2c(F)cccc2F)n1. The van der Waals surface area contributed by atoms with Gasteiger partial charge >= 0.3 is 11.6 Å². The Morgan fingerprint density at radius 3 is 2.53 bits per heavy atom. The van der Waals surface area contributed by atoms with Crippen molar-refractivity contribution in [3.8, 4) is 17.1 Å². The lowest BCUT2D eigenvalue weighted by Crippen LogP contribution is -2.44. The number of sulfonamides is 1. The fourth-order valence-corrected chi connectivity index (χ4v) is 4.80. The van der Waals surface area contributed by atoms with Gasteiger partial charge in [-0.3, -0.25) is 9.55 Å². The molecule has 9 nitrogen and oxygen atoms in total. The van der Waals surface area contributed by atoms with Gasteiger partial charge < -0.3 is 4.52 Å². The van der Waals surface area contributed by atoms with E-state index in [0.717, 1.165) is 29.2 Å². The summed E-state index contributed by atoms with van der Waals surface area (Å²) in [4.78, 5) is 17.2. The maximum Gasteiger partial charge on any atom is 0.334 e. The number of nitrogens with one attached hydrogen (secondary N) is 1. The molecule has 1 aromatic carbocycles. The van der Waals surface area contributed by atoms with Gasteiger partial charge in [-0.25, -0.2) is 31.3 Å². The summed E-state index contributed by atoms with van der Waals surface area (Å²) in [5.74, 6) is -5.88. The van der Waals surface area contributed by atoms with Crippen LogP contribution < -0.4 is 10.4 Å². The summed E-state index contributed by atoms with van der Waals surface area (Å²) in [6, 6.07) is 2.78. The van der Waals surface area contributed by atoms with Crippen LogP contribution in [0.4, 0.5) is 17.6 Å². The van der Waals surface area contributed by atoms with Crippen LogP contribution in [0.1, 0.15) is 11.4 Å². The molecule has 0 bridgehead atoms. The molecule has 4 heterocycles. The summed E-state index contributed by atoms with van der Waals surface area (Å²) in [7, 11) is -3.98. The highest BCUT2D eigenvalue weighted by Crippen LogP contribution is 2.39. The lowest BCUT2D eigenvalue weighted by atomic mass is 10.1. The van der Waals surface area contributed by atoms with Crippen molar-refractivity contribution in [1.29, 1.82) is 0 Å². The Kier molecular flexibility index (Phi) is 4.74. The summed E-state index contributed by atoms with van der Waals surface area (Å²) in [6.45, 7) is 0.918. The number of fused-ring (bicyclic) bond motifs is 2. The van der Waals surface area contributed by atoms with Gasteiger partial charge in [0.2, 0.25) is 10.0 Å². The molecule has 34 heavy (non-hydrogen) atoms. The van der Waals surface area contributed by atoms with Crippen LogP contribution in [0.25, 0.3) is 28.0 Å². The number of pyridine rings is 1. The predicted molar refractivity (Wildman–Crippen MR) is 111 cm³/mol. The maximum absolute atomic E-state index is 14.9. The third-order valence-corrected chi connectivity index (χ3v) is 6.19. The second kappa shape index (κ2) is 7.24. The van der Waals surface area contributed by atoms with Crippen molar-refractivity contribution in [2.45, 2.75) is 25.4 Å². The summed E-state index contributed by atoms with van der Waals surface area (Å²) in [5, 5.41) is 3.73. The Hall–Kier alpha value is -3.52. The van der Waals surface area contributed by atoms with Crippen LogP contribution in [0.5, 0.6) is 0 Å². The molecule has 0 saturated carbocycles. The molecule has 178 valence electrons. The van der Waals surface area contributed by atoms with Crippen molar-refractivity contribution in [2.24, 2.45) is 0 Å². The first-order valence-corrected chi connectivity index (χ1v) is 11.7. The molecule has 0 radical (unpaired) electrons. The Morgan fingerprint density at radius 2 is 1.91 bits per heavy atom. The number of aromatic nitrogens is 4. The van der Waals surface area contributed by atoms with Gasteiger partial charge in [-0.1, -0.05) is 11.2 Å². The Balaban J connectivity index is 1.72. The van der Waals surface area contributed by atoms with Crippen molar-refractivity contribution in [1.82, 2.24) is 24.0 Å². The zero-order chi connectivity index (χ0) is 24.6. The Morgan fingerprint density at radius 1 is 1.24 bits per heavy atom. The first-order chi connectivity index (χ1) is 15.9. The average molecular weight is 497 g/mol. The van der Waals surface area contributed by atoms with Crippen LogP contribution in [-0.2, 0) is 22.5 Å². The van der Waals surface area contributed by atoms with Gasteiger partial charge in [0.05, 0.1) is 29.4 Å². The van der Waals surface area contributed by atoms with Crippen LogP contribution in [0.15, 0.2) is 39.8 Å². The first kappa shape index (κ1) is 22.3. The lowest BCUT2D eigenvalue weighted by Gasteiger charge is -2.18. The van der Waals surface area contributed by atoms with E-state index in [9.17, 15) is 30.8 Å².